The molecule has 2 aromatic heterocycles. The van der Waals surface area contributed by atoms with Crippen molar-refractivity contribution in [2.75, 3.05) is 0 Å². The Bertz CT molecular complexity index is 3640. The van der Waals surface area contributed by atoms with Gasteiger partial charge in [-0.3, -0.25) is 0 Å². The van der Waals surface area contributed by atoms with E-state index in [1.54, 1.807) is 0 Å². The summed E-state index contributed by atoms with van der Waals surface area (Å²) in [6, 6.07) is 72.1. The lowest BCUT2D eigenvalue weighted by molar-refractivity contribution is 1.18. The van der Waals surface area contributed by atoms with Gasteiger partial charge in [-0.2, -0.15) is 0 Å². The minimum absolute atomic E-state index is 1.17. The molecule has 0 atom stereocenters. The molecule has 0 spiro atoms. The molecule has 0 saturated heterocycles. The van der Waals surface area contributed by atoms with Crippen molar-refractivity contribution in [3.8, 4) is 44.8 Å². The number of fused-ring (bicyclic) bond motifs is 12. The summed E-state index contributed by atoms with van der Waals surface area (Å²) in [6.45, 7) is 0. The molecule has 13 rings (SSSR count). The summed E-state index contributed by atoms with van der Waals surface area (Å²) in [5.41, 5.74) is 14.9. The van der Waals surface area contributed by atoms with Crippen molar-refractivity contribution in [2.45, 2.75) is 0 Å². The topological polar surface area (TPSA) is 9.86 Å². The van der Waals surface area contributed by atoms with E-state index in [0.29, 0.717) is 0 Å². The second kappa shape index (κ2) is 11.1. The Morgan fingerprint density at radius 3 is 1.66 bits per heavy atom. The Hall–Kier alpha value is -7.42. The van der Waals surface area contributed by atoms with Crippen molar-refractivity contribution in [3.05, 3.63) is 194 Å². The van der Waals surface area contributed by atoms with Crippen molar-refractivity contribution in [3.63, 3.8) is 0 Å². The van der Waals surface area contributed by atoms with E-state index in [0.717, 1.165) is 0 Å². The fourth-order valence-electron chi connectivity index (χ4n) is 9.92. The van der Waals surface area contributed by atoms with E-state index >= 15 is 0 Å². The number of para-hydroxylation sites is 1. The van der Waals surface area contributed by atoms with Crippen molar-refractivity contribution in [1.29, 1.82) is 0 Å². The number of aromatic nitrogens is 2. The highest BCUT2D eigenvalue weighted by atomic mass is 15.0. The minimum Gasteiger partial charge on any atom is -0.309 e. The van der Waals surface area contributed by atoms with Gasteiger partial charge in [-0.05, 0) is 132 Å². The van der Waals surface area contributed by atoms with Crippen molar-refractivity contribution in [1.82, 2.24) is 9.13 Å². The zero-order valence-electron chi connectivity index (χ0n) is 30.4. The normalized spacial score (nSPS) is 12.3. The predicted molar refractivity (Wildman–Crippen MR) is 238 cm³/mol. The molecule has 0 fully saturated rings. The number of rotatable bonds is 3. The van der Waals surface area contributed by atoms with Crippen LogP contribution >= 0.6 is 0 Å². The predicted octanol–water partition coefficient (Wildman–Crippen LogP) is 14.7. The molecule has 56 heavy (non-hydrogen) atoms. The molecule has 0 N–H and O–H groups in total. The van der Waals surface area contributed by atoms with Gasteiger partial charge in [0.15, 0.2) is 0 Å². The smallest absolute Gasteiger partial charge is 0.0547 e. The molecule has 1 aliphatic carbocycles. The van der Waals surface area contributed by atoms with Crippen LogP contribution in [-0.4, -0.2) is 9.13 Å². The van der Waals surface area contributed by atoms with Crippen LogP contribution in [0.5, 0.6) is 0 Å². The van der Waals surface area contributed by atoms with E-state index in [9.17, 15) is 0 Å². The van der Waals surface area contributed by atoms with Crippen LogP contribution < -0.4 is 0 Å². The Labute approximate surface area is 322 Å². The van der Waals surface area contributed by atoms with Crippen molar-refractivity contribution in [2.24, 2.45) is 0 Å². The van der Waals surface area contributed by atoms with Gasteiger partial charge < -0.3 is 9.13 Å². The van der Waals surface area contributed by atoms with Gasteiger partial charge in [-0.15, -0.1) is 0 Å². The van der Waals surface area contributed by atoms with Crippen molar-refractivity contribution < 1.29 is 0 Å². The molecule has 0 aliphatic heterocycles. The quantitative estimate of drug-likeness (QED) is 0.173. The maximum Gasteiger partial charge on any atom is 0.0547 e. The van der Waals surface area contributed by atoms with Crippen LogP contribution in [0.15, 0.2) is 194 Å². The van der Waals surface area contributed by atoms with E-state index in [2.05, 4.69) is 203 Å². The maximum absolute atomic E-state index is 2.49. The summed E-state index contributed by atoms with van der Waals surface area (Å²) in [4.78, 5) is 0. The monoisotopic (exact) mass is 708 g/mol. The summed E-state index contributed by atoms with van der Waals surface area (Å²) in [7, 11) is 0. The van der Waals surface area contributed by atoms with Gasteiger partial charge in [0.25, 0.3) is 0 Å². The molecular formula is C54H32N2. The fraction of sp³-hybridized carbons (Fsp3) is 0. The SMILES string of the molecule is c1ccc(-n2c3ccc(-c4ccc5c(c4)c4cc6ccccc6cc4n5-c4cc5c6c(cccc6c4)-c4ccccc4-5)cc3c3c4ccccc4ccc32)cc1. The van der Waals surface area contributed by atoms with E-state index in [-0.39, 0.29) is 0 Å². The number of hydrogen-bond donors (Lipinski definition) is 0. The molecule has 12 aromatic rings. The van der Waals surface area contributed by atoms with Crippen molar-refractivity contribution >= 4 is 75.9 Å². The summed E-state index contributed by atoms with van der Waals surface area (Å²) in [5, 5.41) is 12.7. The second-order valence-corrected chi connectivity index (χ2v) is 15.3. The Kier molecular flexibility index (Phi) is 5.92. The van der Waals surface area contributed by atoms with Crippen LogP contribution in [0.25, 0.3) is 121 Å². The Morgan fingerprint density at radius 1 is 0.250 bits per heavy atom. The van der Waals surface area contributed by atoms with Gasteiger partial charge in [0.1, 0.15) is 0 Å². The van der Waals surface area contributed by atoms with Crippen LogP contribution in [0.1, 0.15) is 0 Å². The lowest BCUT2D eigenvalue weighted by Gasteiger charge is -2.12. The third-order valence-electron chi connectivity index (χ3n) is 12.4. The zero-order chi connectivity index (χ0) is 36.5. The minimum atomic E-state index is 1.17. The van der Waals surface area contributed by atoms with E-state index < -0.39 is 0 Å². The average molecular weight is 709 g/mol. The molecule has 0 unspecified atom stereocenters. The summed E-state index contributed by atoms with van der Waals surface area (Å²) in [5.74, 6) is 0. The molecule has 0 amide bonds. The van der Waals surface area contributed by atoms with Crippen LogP contribution in [0, 0.1) is 0 Å². The lowest BCUT2D eigenvalue weighted by atomic mass is 9.98. The van der Waals surface area contributed by atoms with Gasteiger partial charge in [-0.1, -0.05) is 127 Å². The number of hydrogen-bond acceptors (Lipinski definition) is 0. The molecule has 0 saturated carbocycles. The van der Waals surface area contributed by atoms with Crippen LogP contribution in [0.2, 0.25) is 0 Å². The average Bonchev–Trinajstić information content (AvgIpc) is 3.89. The molecule has 258 valence electrons. The van der Waals surface area contributed by atoms with Gasteiger partial charge in [0, 0.05) is 32.9 Å². The van der Waals surface area contributed by atoms with E-state index in [4.69, 9.17) is 0 Å². The first-order chi connectivity index (χ1) is 27.8. The van der Waals surface area contributed by atoms with Crippen LogP contribution in [0.4, 0.5) is 0 Å². The van der Waals surface area contributed by atoms with Gasteiger partial charge in [-0.25, -0.2) is 0 Å². The standard InChI is InChI=1S/C54H32N2/c1-2-15-39(16-3-1)55-50-25-23-37(30-48(50)54-41-17-7-6-11-33(41)21-26-51(54)55)36-22-24-49-45(29-36)46-28-34-12-4-5-13-35(34)31-52(46)56(49)40-27-38-14-10-20-44-42-18-8-9-19-43(42)47(32-40)53(38)44/h1-32H. The van der Waals surface area contributed by atoms with E-state index in [1.807, 2.05) is 0 Å². The molecule has 1 aliphatic rings. The highest BCUT2D eigenvalue weighted by Gasteiger charge is 2.23. The Morgan fingerprint density at radius 2 is 0.839 bits per heavy atom. The number of nitrogens with zero attached hydrogens (tertiary/aromatic N) is 2. The van der Waals surface area contributed by atoms with Crippen LogP contribution in [-0.2, 0) is 0 Å². The third-order valence-corrected chi connectivity index (χ3v) is 12.4. The molecule has 2 heterocycles. The highest BCUT2D eigenvalue weighted by Crippen LogP contribution is 2.49. The molecule has 2 nitrogen and oxygen atoms in total. The fourth-order valence-corrected chi connectivity index (χ4v) is 9.92. The first-order valence-corrected chi connectivity index (χ1v) is 19.4. The number of benzene rings is 10. The maximum atomic E-state index is 2.49. The van der Waals surface area contributed by atoms with Crippen LogP contribution in [0.3, 0.4) is 0 Å². The second-order valence-electron chi connectivity index (χ2n) is 15.3. The van der Waals surface area contributed by atoms with Gasteiger partial charge in [0.2, 0.25) is 0 Å². The summed E-state index contributed by atoms with van der Waals surface area (Å²) in [6.07, 6.45) is 0. The molecular weight excluding hydrogens is 677 g/mol. The largest absolute Gasteiger partial charge is 0.309 e. The Balaban J connectivity index is 1.08. The zero-order valence-corrected chi connectivity index (χ0v) is 30.4. The molecule has 10 aromatic carbocycles. The lowest BCUT2D eigenvalue weighted by Crippen LogP contribution is -1.95. The first kappa shape index (κ1) is 30.0. The highest BCUT2D eigenvalue weighted by molar-refractivity contribution is 6.22. The van der Waals surface area contributed by atoms with Gasteiger partial charge in [0.05, 0.1) is 22.1 Å². The summed E-state index contributed by atoms with van der Waals surface area (Å²) < 4.78 is 4.91. The third kappa shape index (κ3) is 4.05. The molecule has 0 radical (unpaired) electrons. The first-order valence-electron chi connectivity index (χ1n) is 19.4. The summed E-state index contributed by atoms with van der Waals surface area (Å²) >= 11 is 0. The van der Waals surface area contributed by atoms with Gasteiger partial charge >= 0.3 is 0 Å². The van der Waals surface area contributed by atoms with E-state index in [1.165, 1.54) is 121 Å². The molecule has 0 bridgehead atoms. The molecule has 2 heteroatoms.